The normalized spacial score (nSPS) is 20.5. The average molecular weight is 528 g/mol. The van der Waals surface area contributed by atoms with E-state index in [0.29, 0.717) is 48.9 Å². The highest BCUT2D eigenvalue weighted by Gasteiger charge is 2.33. The highest BCUT2D eigenvalue weighted by atomic mass is 19.3. The van der Waals surface area contributed by atoms with E-state index in [0.717, 1.165) is 13.0 Å². The summed E-state index contributed by atoms with van der Waals surface area (Å²) in [4.78, 5) is 23.8. The van der Waals surface area contributed by atoms with Gasteiger partial charge in [0.25, 0.3) is 6.43 Å². The van der Waals surface area contributed by atoms with Crippen LogP contribution in [0.1, 0.15) is 18.7 Å². The number of anilines is 1. The van der Waals surface area contributed by atoms with Crippen LogP contribution in [0.25, 0.3) is 11.0 Å². The number of benzene rings is 1. The first-order valence-electron chi connectivity index (χ1n) is 12.4. The second-order valence-electron chi connectivity index (χ2n) is 9.29. The molecule has 11 nitrogen and oxygen atoms in total. The lowest BCUT2D eigenvalue weighted by Crippen LogP contribution is -2.57. The van der Waals surface area contributed by atoms with Gasteiger partial charge in [-0.1, -0.05) is 12.1 Å². The third kappa shape index (κ3) is 5.65. The number of rotatable bonds is 8. The molecule has 0 radical (unpaired) electrons. The van der Waals surface area contributed by atoms with Gasteiger partial charge in [-0.2, -0.15) is 0 Å². The van der Waals surface area contributed by atoms with Crippen molar-refractivity contribution in [3.63, 3.8) is 0 Å². The Kier molecular flexibility index (Phi) is 7.88. The Morgan fingerprint density at radius 2 is 2.05 bits per heavy atom. The van der Waals surface area contributed by atoms with Crippen LogP contribution in [0.3, 0.4) is 0 Å². The van der Waals surface area contributed by atoms with Crippen molar-refractivity contribution < 1.29 is 18.3 Å². The number of nitrogens with two attached hydrogens (primary N) is 1. The van der Waals surface area contributed by atoms with E-state index in [2.05, 4.69) is 19.9 Å². The lowest BCUT2D eigenvalue weighted by molar-refractivity contribution is -0.0374. The van der Waals surface area contributed by atoms with E-state index in [1.165, 1.54) is 4.57 Å². The first-order valence-corrected chi connectivity index (χ1v) is 12.4. The van der Waals surface area contributed by atoms with Crippen molar-refractivity contribution in [2.24, 2.45) is 15.7 Å². The van der Waals surface area contributed by atoms with E-state index in [1.807, 2.05) is 30.0 Å². The van der Waals surface area contributed by atoms with Crippen LogP contribution in [0, 0.1) is 0 Å². The molecule has 2 unspecified atom stereocenters. The zero-order chi connectivity index (χ0) is 26.6. The predicted octanol–water partition coefficient (Wildman–Crippen LogP) is 2.35. The molecular weight excluding hydrogens is 496 g/mol. The number of fused-ring (bicyclic) bond motifs is 1. The van der Waals surface area contributed by atoms with Crippen molar-refractivity contribution in [3.8, 4) is 5.88 Å². The Morgan fingerprint density at radius 3 is 2.79 bits per heavy atom. The molecule has 4 heterocycles. The molecule has 3 aromatic rings. The van der Waals surface area contributed by atoms with Crippen LogP contribution in [-0.2, 0) is 4.74 Å². The maximum absolute atomic E-state index is 14.0. The predicted molar refractivity (Wildman–Crippen MR) is 141 cm³/mol. The summed E-state index contributed by atoms with van der Waals surface area (Å²) in [6.07, 6.45) is 0.228. The van der Waals surface area contributed by atoms with Gasteiger partial charge in [0.1, 0.15) is 12.6 Å². The van der Waals surface area contributed by atoms with Crippen molar-refractivity contribution >= 4 is 29.0 Å². The number of hydrogen-bond donors (Lipinski definition) is 1. The van der Waals surface area contributed by atoms with Gasteiger partial charge in [0.15, 0.2) is 12.1 Å². The van der Waals surface area contributed by atoms with Crippen molar-refractivity contribution in [1.82, 2.24) is 24.3 Å². The zero-order valence-electron chi connectivity index (χ0n) is 21.3. The number of pyridine rings is 1. The number of ether oxygens (including phenoxy) is 2. The molecule has 0 aliphatic carbocycles. The Morgan fingerprint density at radius 1 is 1.21 bits per heavy atom. The second kappa shape index (κ2) is 11.5. The number of aliphatic imine (C=N–C) groups is 2. The molecule has 1 aromatic carbocycles. The molecule has 2 N–H and O–H groups in total. The van der Waals surface area contributed by atoms with Crippen molar-refractivity contribution in [3.05, 3.63) is 48.4 Å². The summed E-state index contributed by atoms with van der Waals surface area (Å²) < 4.78 is 40.6. The van der Waals surface area contributed by atoms with Crippen molar-refractivity contribution in [2.75, 3.05) is 51.8 Å². The van der Waals surface area contributed by atoms with Gasteiger partial charge in [-0.3, -0.25) is 14.4 Å². The van der Waals surface area contributed by atoms with Gasteiger partial charge in [-0.15, -0.1) is 0 Å². The van der Waals surface area contributed by atoms with E-state index in [-0.39, 0.29) is 5.96 Å². The van der Waals surface area contributed by atoms with E-state index in [9.17, 15) is 8.78 Å². The van der Waals surface area contributed by atoms with Crippen LogP contribution in [0.5, 0.6) is 5.88 Å². The summed E-state index contributed by atoms with van der Waals surface area (Å²) in [6.45, 7) is 2.85. The summed E-state index contributed by atoms with van der Waals surface area (Å²) in [5.74, 6) is 0.219. The van der Waals surface area contributed by atoms with E-state index in [1.54, 1.807) is 42.9 Å². The molecule has 5 rings (SSSR count). The first-order chi connectivity index (χ1) is 18.4. The standard InChI is InChI=1S/C25H31F2N9O2/c1-33(2)10-5-12-38-21-9-8-17(14-29-21)35-16-30-24(32-25(35)34-11-13-37-20(28)15-34)36-19-7-4-3-6-18(19)31-23(36)22(26)27/h3-4,6-9,14,16,20,22,25H,5,10-13,15,28H2,1-2H3. The summed E-state index contributed by atoms with van der Waals surface area (Å²) >= 11 is 0. The topological polar surface area (TPSA) is 110 Å². The van der Waals surface area contributed by atoms with Gasteiger partial charge in [0.05, 0.1) is 36.1 Å². The molecule has 2 aliphatic heterocycles. The quantitative estimate of drug-likeness (QED) is 0.445. The zero-order valence-corrected chi connectivity index (χ0v) is 21.3. The Hall–Kier alpha value is -3.52. The second-order valence-corrected chi connectivity index (χ2v) is 9.29. The summed E-state index contributed by atoms with van der Waals surface area (Å²) in [7, 11) is 4.03. The van der Waals surface area contributed by atoms with Crippen molar-refractivity contribution in [1.29, 1.82) is 0 Å². The lowest BCUT2D eigenvalue weighted by Gasteiger charge is -2.40. The number of alkyl halides is 2. The van der Waals surface area contributed by atoms with Crippen LogP contribution in [0.15, 0.2) is 52.6 Å². The minimum atomic E-state index is -2.80. The van der Waals surface area contributed by atoms with Crippen LogP contribution >= 0.6 is 0 Å². The fraction of sp³-hybridized carbons (Fsp3) is 0.440. The molecule has 0 spiro atoms. The maximum Gasteiger partial charge on any atom is 0.296 e. The minimum absolute atomic E-state index is 0.115. The molecule has 1 saturated heterocycles. The molecule has 38 heavy (non-hydrogen) atoms. The molecule has 2 atom stereocenters. The number of hydrogen-bond acceptors (Lipinski definition) is 10. The van der Waals surface area contributed by atoms with E-state index in [4.69, 9.17) is 20.2 Å². The number of halogens is 2. The third-order valence-corrected chi connectivity index (χ3v) is 6.23. The number of morpholine rings is 1. The van der Waals surface area contributed by atoms with Gasteiger partial charge in [0, 0.05) is 25.7 Å². The number of aromatic nitrogens is 3. The largest absolute Gasteiger partial charge is 0.478 e. The summed E-state index contributed by atoms with van der Waals surface area (Å²) in [5.41, 5.74) is 7.73. The molecule has 0 saturated carbocycles. The van der Waals surface area contributed by atoms with E-state index >= 15 is 0 Å². The molecule has 1 fully saturated rings. The first kappa shape index (κ1) is 26.1. The highest BCUT2D eigenvalue weighted by molar-refractivity contribution is 6.00. The number of imidazole rings is 1. The fourth-order valence-electron chi connectivity index (χ4n) is 4.42. The van der Waals surface area contributed by atoms with Crippen LogP contribution in [-0.4, -0.2) is 96.1 Å². The summed E-state index contributed by atoms with van der Waals surface area (Å²) in [6, 6.07) is 10.6. The Labute approximate surface area is 219 Å². The fourth-order valence-corrected chi connectivity index (χ4v) is 4.42. The minimum Gasteiger partial charge on any atom is -0.478 e. The molecule has 2 aromatic heterocycles. The SMILES string of the molecule is CN(C)CCCOc1ccc(N2C=NC(n3c(C(F)F)nc4ccccc43)=NC2N2CCOC(N)C2)cn1. The Balaban J connectivity index is 1.45. The van der Waals surface area contributed by atoms with Gasteiger partial charge in [-0.05, 0) is 38.7 Å². The molecule has 2 aliphatic rings. The molecule has 0 amide bonds. The Bertz CT molecular complexity index is 1300. The molecule has 13 heteroatoms. The highest BCUT2D eigenvalue weighted by Crippen LogP contribution is 2.28. The molecule has 0 bridgehead atoms. The summed E-state index contributed by atoms with van der Waals surface area (Å²) in [5, 5.41) is 0. The van der Waals surface area contributed by atoms with Gasteiger partial charge < -0.3 is 20.1 Å². The lowest BCUT2D eigenvalue weighted by atomic mass is 10.3. The third-order valence-electron chi connectivity index (χ3n) is 6.23. The van der Waals surface area contributed by atoms with E-state index < -0.39 is 24.8 Å². The van der Waals surface area contributed by atoms with Crippen LogP contribution in [0.4, 0.5) is 14.5 Å². The molecular formula is C25H31F2N9O2. The molecule has 202 valence electrons. The van der Waals surface area contributed by atoms with Crippen LogP contribution < -0.4 is 15.4 Å². The number of nitrogens with zero attached hydrogens (tertiary/aromatic N) is 8. The monoisotopic (exact) mass is 527 g/mol. The van der Waals surface area contributed by atoms with Gasteiger partial charge >= 0.3 is 0 Å². The van der Waals surface area contributed by atoms with Gasteiger partial charge in [0.2, 0.25) is 11.8 Å². The smallest absolute Gasteiger partial charge is 0.296 e. The number of para-hydroxylation sites is 2. The average Bonchev–Trinajstić information content (AvgIpc) is 3.31. The van der Waals surface area contributed by atoms with Crippen molar-refractivity contribution in [2.45, 2.75) is 25.4 Å². The van der Waals surface area contributed by atoms with Gasteiger partial charge in [-0.25, -0.2) is 28.7 Å². The van der Waals surface area contributed by atoms with Crippen LogP contribution in [0.2, 0.25) is 0 Å². The maximum atomic E-state index is 14.0.